The summed E-state index contributed by atoms with van der Waals surface area (Å²) in [4.78, 5) is 19.5. The number of carbonyl (C=O) groups is 1. The number of anilines is 1. The number of halogens is 3. The summed E-state index contributed by atoms with van der Waals surface area (Å²) in [6.45, 7) is 0. The summed E-state index contributed by atoms with van der Waals surface area (Å²) in [6.07, 6.45) is 0.460. The predicted molar refractivity (Wildman–Crippen MR) is 116 cm³/mol. The average Bonchev–Trinajstić information content (AvgIpc) is 3.40. The molecule has 32 heavy (non-hydrogen) atoms. The summed E-state index contributed by atoms with van der Waals surface area (Å²) >= 11 is 1.27. The molecule has 1 aliphatic rings. The molecule has 9 heteroatoms. The van der Waals surface area contributed by atoms with Crippen LogP contribution in [-0.2, 0) is 6.18 Å². The van der Waals surface area contributed by atoms with Crippen molar-refractivity contribution in [2.45, 2.75) is 31.0 Å². The lowest BCUT2D eigenvalue weighted by molar-refractivity contribution is -0.137. The third-order valence-corrected chi connectivity index (χ3v) is 6.41. The Morgan fingerprint density at radius 2 is 1.94 bits per heavy atom. The molecular weight excluding hydrogens is 439 g/mol. The molecular formula is C23H18F3N3O2S. The fourth-order valence-electron chi connectivity index (χ4n) is 3.86. The Morgan fingerprint density at radius 3 is 2.62 bits per heavy atom. The summed E-state index contributed by atoms with van der Waals surface area (Å²) in [5.41, 5.74) is 1.77. The normalized spacial score (nSPS) is 18.3. The van der Waals surface area contributed by atoms with Gasteiger partial charge in [0.2, 0.25) is 0 Å². The predicted octanol–water partition coefficient (Wildman–Crippen LogP) is 6.22. The van der Waals surface area contributed by atoms with Gasteiger partial charge in [0.15, 0.2) is 5.01 Å². The van der Waals surface area contributed by atoms with Gasteiger partial charge in [0.05, 0.1) is 17.4 Å². The lowest BCUT2D eigenvalue weighted by Crippen LogP contribution is -2.32. The van der Waals surface area contributed by atoms with E-state index in [1.54, 1.807) is 29.9 Å². The van der Waals surface area contributed by atoms with Gasteiger partial charge in [-0.3, -0.25) is 4.79 Å². The lowest BCUT2D eigenvalue weighted by Gasteiger charge is -2.35. The number of carbonyl (C=O) groups excluding carboxylic acids is 1. The van der Waals surface area contributed by atoms with Crippen molar-refractivity contribution in [1.29, 1.82) is 0 Å². The van der Waals surface area contributed by atoms with Crippen LogP contribution < -0.4 is 10.1 Å². The van der Waals surface area contributed by atoms with Crippen LogP contribution in [0.5, 0.6) is 5.75 Å². The number of hydrogen-bond donors (Lipinski definition) is 2. The molecule has 1 amide bonds. The minimum Gasteiger partial charge on any atom is -0.490 e. The van der Waals surface area contributed by atoms with Crippen LogP contribution in [0.25, 0.3) is 10.9 Å². The van der Waals surface area contributed by atoms with Crippen molar-refractivity contribution >= 4 is 33.8 Å². The number of nitrogens with one attached hydrogen (secondary N) is 2. The Kier molecular flexibility index (Phi) is 5.13. The minimum absolute atomic E-state index is 0.00737. The van der Waals surface area contributed by atoms with Gasteiger partial charge in [-0.25, -0.2) is 4.98 Å². The van der Waals surface area contributed by atoms with Crippen molar-refractivity contribution in [3.05, 3.63) is 76.4 Å². The van der Waals surface area contributed by atoms with Crippen LogP contribution >= 0.6 is 11.3 Å². The van der Waals surface area contributed by atoms with Crippen LogP contribution in [0, 0.1) is 0 Å². The second-order valence-corrected chi connectivity index (χ2v) is 8.62. The van der Waals surface area contributed by atoms with Crippen molar-refractivity contribution in [1.82, 2.24) is 9.97 Å². The van der Waals surface area contributed by atoms with E-state index in [2.05, 4.69) is 15.3 Å². The molecule has 0 aliphatic heterocycles. The molecule has 0 radical (unpaired) electrons. The Morgan fingerprint density at radius 1 is 1.16 bits per heavy atom. The number of aromatic amines is 1. The minimum atomic E-state index is -4.32. The number of aromatic nitrogens is 2. The third-order valence-electron chi connectivity index (χ3n) is 5.63. The number of thiazole rings is 1. The molecule has 2 aromatic heterocycles. The van der Waals surface area contributed by atoms with Crippen molar-refractivity contribution in [2.75, 3.05) is 5.32 Å². The summed E-state index contributed by atoms with van der Waals surface area (Å²) in [7, 11) is 0. The fourth-order valence-corrected chi connectivity index (χ4v) is 4.39. The lowest BCUT2D eigenvalue weighted by atomic mass is 9.77. The maximum absolute atomic E-state index is 12.7. The number of amides is 1. The zero-order chi connectivity index (χ0) is 22.3. The van der Waals surface area contributed by atoms with Gasteiger partial charge in [-0.15, -0.1) is 11.3 Å². The van der Waals surface area contributed by atoms with Gasteiger partial charge in [0.25, 0.3) is 5.91 Å². The first-order valence-corrected chi connectivity index (χ1v) is 10.9. The van der Waals surface area contributed by atoms with E-state index in [0.29, 0.717) is 16.4 Å². The molecule has 0 spiro atoms. The zero-order valence-corrected chi connectivity index (χ0v) is 17.5. The van der Waals surface area contributed by atoms with E-state index in [9.17, 15) is 18.0 Å². The van der Waals surface area contributed by atoms with Gasteiger partial charge in [-0.2, -0.15) is 13.2 Å². The number of rotatable bonds is 5. The molecule has 2 heterocycles. The molecule has 0 bridgehead atoms. The van der Waals surface area contributed by atoms with Crippen LogP contribution in [0.15, 0.2) is 60.2 Å². The van der Waals surface area contributed by atoms with E-state index in [0.717, 1.165) is 41.4 Å². The van der Waals surface area contributed by atoms with Gasteiger partial charge in [-0.1, -0.05) is 12.1 Å². The number of nitrogens with zero attached hydrogens (tertiary/aromatic N) is 1. The van der Waals surface area contributed by atoms with Crippen molar-refractivity contribution < 1.29 is 22.7 Å². The van der Waals surface area contributed by atoms with E-state index < -0.39 is 11.7 Å². The number of benzene rings is 2. The summed E-state index contributed by atoms with van der Waals surface area (Å²) < 4.78 is 44.3. The molecule has 5 rings (SSSR count). The number of alkyl halides is 3. The van der Waals surface area contributed by atoms with E-state index >= 15 is 0 Å². The summed E-state index contributed by atoms with van der Waals surface area (Å²) in [5, 5.41) is 5.81. The Labute approximate surface area is 185 Å². The van der Waals surface area contributed by atoms with Crippen molar-refractivity contribution in [3.63, 3.8) is 0 Å². The van der Waals surface area contributed by atoms with E-state index in [4.69, 9.17) is 4.74 Å². The number of hydrogen-bond acceptors (Lipinski definition) is 4. The van der Waals surface area contributed by atoms with Crippen molar-refractivity contribution in [2.24, 2.45) is 0 Å². The number of fused-ring (bicyclic) bond motifs is 1. The second kappa shape index (κ2) is 7.98. The smallest absolute Gasteiger partial charge is 0.416 e. The summed E-state index contributed by atoms with van der Waals surface area (Å²) in [6, 6.07) is 11.0. The molecule has 2 aromatic carbocycles. The van der Waals surface area contributed by atoms with Crippen molar-refractivity contribution in [3.8, 4) is 5.75 Å². The quantitative estimate of drug-likeness (QED) is 0.374. The highest BCUT2D eigenvalue weighted by atomic mass is 32.1. The molecule has 0 atom stereocenters. The van der Waals surface area contributed by atoms with Crippen LogP contribution in [0.1, 0.15) is 39.7 Å². The largest absolute Gasteiger partial charge is 0.490 e. The Hall–Kier alpha value is -3.33. The van der Waals surface area contributed by atoms with Crippen LogP contribution in [0.2, 0.25) is 0 Å². The average molecular weight is 457 g/mol. The van der Waals surface area contributed by atoms with Gasteiger partial charge in [0, 0.05) is 28.7 Å². The van der Waals surface area contributed by atoms with Gasteiger partial charge >= 0.3 is 6.18 Å². The van der Waals surface area contributed by atoms with E-state index in [-0.39, 0.29) is 17.9 Å². The highest BCUT2D eigenvalue weighted by Gasteiger charge is 2.34. The first-order chi connectivity index (χ1) is 15.4. The third kappa shape index (κ3) is 4.08. The monoisotopic (exact) mass is 457 g/mol. The number of H-pyrrole nitrogens is 1. The Bertz CT molecular complexity index is 1240. The first-order valence-electron chi connectivity index (χ1n) is 10.0. The molecule has 5 nitrogen and oxygen atoms in total. The van der Waals surface area contributed by atoms with E-state index in [1.807, 2.05) is 18.2 Å². The first kappa shape index (κ1) is 20.6. The van der Waals surface area contributed by atoms with Gasteiger partial charge in [0.1, 0.15) is 5.75 Å². The van der Waals surface area contributed by atoms with Gasteiger partial charge in [-0.05, 0) is 54.7 Å². The van der Waals surface area contributed by atoms with Crippen LogP contribution in [-0.4, -0.2) is 22.0 Å². The summed E-state index contributed by atoms with van der Waals surface area (Å²) in [5.74, 6) is 0.592. The highest BCUT2D eigenvalue weighted by Crippen LogP contribution is 2.41. The zero-order valence-electron chi connectivity index (χ0n) is 16.6. The molecule has 4 aromatic rings. The molecule has 0 unspecified atom stereocenters. The maximum atomic E-state index is 12.7. The second-order valence-electron chi connectivity index (χ2n) is 7.73. The highest BCUT2D eigenvalue weighted by molar-refractivity contribution is 7.11. The van der Waals surface area contributed by atoms with Gasteiger partial charge < -0.3 is 15.0 Å². The van der Waals surface area contributed by atoms with Crippen LogP contribution in [0.4, 0.5) is 18.9 Å². The maximum Gasteiger partial charge on any atom is 0.416 e. The number of ether oxygens (including phenoxy) is 1. The fraction of sp³-hybridized carbons (Fsp3) is 0.217. The van der Waals surface area contributed by atoms with E-state index in [1.165, 1.54) is 11.3 Å². The topological polar surface area (TPSA) is 67.0 Å². The molecule has 1 aliphatic carbocycles. The Balaban J connectivity index is 1.23. The molecule has 164 valence electrons. The standard InChI is InChI=1S/C23H18F3N3O2S/c24-23(25,26)15-3-1-13(2-4-15)14-9-17(10-14)31-16-5-6-19-18(11-16)20(12-28-19)29-21(30)22-27-7-8-32-22/h1-8,11-12,14,17,28H,9-10H2,(H,29,30). The SMILES string of the molecule is O=C(Nc1c[nH]c2ccc(OC3CC(c4ccc(C(F)(F)F)cc4)C3)cc12)c1nccs1. The molecule has 2 N–H and O–H groups in total. The van der Waals surface area contributed by atoms with Crippen LogP contribution in [0.3, 0.4) is 0 Å². The molecule has 1 fully saturated rings. The molecule has 1 saturated carbocycles. The molecule has 0 saturated heterocycles.